The number of carboxylic acids is 1. The van der Waals surface area contributed by atoms with Crippen LogP contribution >= 0.6 is 0 Å². The van der Waals surface area contributed by atoms with E-state index >= 15 is 0 Å². The van der Waals surface area contributed by atoms with Crippen LogP contribution in [-0.2, 0) is 4.79 Å². The number of urea groups is 1. The molecule has 0 heterocycles. The Morgan fingerprint density at radius 2 is 1.94 bits per heavy atom. The fourth-order valence-corrected chi connectivity index (χ4v) is 1.30. The molecule has 2 amide bonds. The van der Waals surface area contributed by atoms with E-state index in [1.54, 1.807) is 6.92 Å². The molecule has 0 unspecified atom stereocenters. The maximum Gasteiger partial charge on any atom is 0.326 e. The van der Waals surface area contributed by atoms with E-state index in [9.17, 15) is 9.59 Å². The Bertz CT molecular complexity index is 244. The highest BCUT2D eigenvalue weighted by atomic mass is 16.4. The molecule has 0 rings (SSSR count). The van der Waals surface area contributed by atoms with Gasteiger partial charge in [-0.25, -0.2) is 9.59 Å². The predicted molar refractivity (Wildman–Crippen MR) is 66.0 cm³/mol. The van der Waals surface area contributed by atoms with Gasteiger partial charge < -0.3 is 20.6 Å². The molecule has 0 spiro atoms. The first-order chi connectivity index (χ1) is 7.97. The second-order valence-electron chi connectivity index (χ2n) is 4.21. The lowest BCUT2D eigenvalue weighted by atomic mass is 10.2. The van der Waals surface area contributed by atoms with Gasteiger partial charge >= 0.3 is 12.0 Å². The highest BCUT2D eigenvalue weighted by Crippen LogP contribution is 1.91. The maximum atomic E-state index is 11.3. The van der Waals surface area contributed by atoms with Crippen molar-refractivity contribution in [2.24, 2.45) is 0 Å². The van der Waals surface area contributed by atoms with Crippen LogP contribution in [-0.4, -0.2) is 55.2 Å². The summed E-state index contributed by atoms with van der Waals surface area (Å²) in [6.45, 7) is 3.27. The van der Waals surface area contributed by atoms with Crippen LogP contribution in [0.5, 0.6) is 0 Å². The molecule has 0 aromatic heterocycles. The number of nitrogens with zero attached hydrogens (tertiary/aromatic N) is 1. The molecule has 0 fully saturated rings. The Kier molecular flexibility index (Phi) is 8.13. The number of carbonyl (C=O) groups is 2. The fourth-order valence-electron chi connectivity index (χ4n) is 1.30. The molecular weight excluding hydrogens is 222 g/mol. The van der Waals surface area contributed by atoms with Gasteiger partial charge in [0.15, 0.2) is 0 Å². The van der Waals surface area contributed by atoms with Gasteiger partial charge in [-0.2, -0.15) is 0 Å². The molecule has 6 nitrogen and oxygen atoms in total. The summed E-state index contributed by atoms with van der Waals surface area (Å²) >= 11 is 0. The van der Waals surface area contributed by atoms with E-state index < -0.39 is 18.0 Å². The first kappa shape index (κ1) is 15.7. The van der Waals surface area contributed by atoms with Crippen LogP contribution < -0.4 is 10.6 Å². The van der Waals surface area contributed by atoms with Crippen molar-refractivity contribution in [2.45, 2.75) is 32.2 Å². The maximum absolute atomic E-state index is 11.3. The summed E-state index contributed by atoms with van der Waals surface area (Å²) in [5, 5.41) is 13.8. The van der Waals surface area contributed by atoms with Gasteiger partial charge in [-0.1, -0.05) is 6.92 Å². The normalized spacial score (nSPS) is 12.2. The van der Waals surface area contributed by atoms with Crippen molar-refractivity contribution in [3.63, 3.8) is 0 Å². The van der Waals surface area contributed by atoms with Crippen molar-refractivity contribution in [3.8, 4) is 0 Å². The third-order valence-corrected chi connectivity index (χ3v) is 2.33. The Morgan fingerprint density at radius 3 is 2.41 bits per heavy atom. The van der Waals surface area contributed by atoms with E-state index in [0.29, 0.717) is 13.0 Å². The molecule has 17 heavy (non-hydrogen) atoms. The highest BCUT2D eigenvalue weighted by molar-refractivity contribution is 5.82. The summed E-state index contributed by atoms with van der Waals surface area (Å²) in [5.41, 5.74) is 0. The largest absolute Gasteiger partial charge is 0.480 e. The number of hydrogen-bond acceptors (Lipinski definition) is 3. The summed E-state index contributed by atoms with van der Waals surface area (Å²) < 4.78 is 0. The molecule has 6 heteroatoms. The first-order valence-electron chi connectivity index (χ1n) is 5.89. The zero-order chi connectivity index (χ0) is 13.3. The summed E-state index contributed by atoms with van der Waals surface area (Å²) in [5.74, 6) is -1.00. The van der Waals surface area contributed by atoms with Gasteiger partial charge in [0.05, 0.1) is 0 Å². The van der Waals surface area contributed by atoms with Crippen LogP contribution in [0, 0.1) is 0 Å². The number of carboxylic acid groups (broad SMARTS) is 1. The Morgan fingerprint density at radius 1 is 1.29 bits per heavy atom. The molecule has 100 valence electrons. The molecule has 1 atom stereocenters. The van der Waals surface area contributed by atoms with Crippen molar-refractivity contribution in [2.75, 3.05) is 27.2 Å². The zero-order valence-electron chi connectivity index (χ0n) is 10.8. The molecule has 0 aromatic rings. The van der Waals surface area contributed by atoms with E-state index in [4.69, 9.17) is 5.11 Å². The summed E-state index contributed by atoms with van der Waals surface area (Å²) in [6, 6.07) is -1.22. The monoisotopic (exact) mass is 245 g/mol. The van der Waals surface area contributed by atoms with Crippen molar-refractivity contribution >= 4 is 12.0 Å². The summed E-state index contributed by atoms with van der Waals surface area (Å²) in [7, 11) is 4.00. The van der Waals surface area contributed by atoms with Gasteiger partial charge in [-0.3, -0.25) is 0 Å². The Labute approximate surface area is 102 Å². The molecule has 0 aromatic carbocycles. The van der Waals surface area contributed by atoms with Crippen LogP contribution in [0.4, 0.5) is 4.79 Å². The number of unbranched alkanes of at least 4 members (excludes halogenated alkanes) is 1. The number of rotatable bonds is 8. The van der Waals surface area contributed by atoms with E-state index in [-0.39, 0.29) is 0 Å². The predicted octanol–water partition coefficient (Wildman–Crippen LogP) is 0.491. The van der Waals surface area contributed by atoms with Crippen LogP contribution in [0.15, 0.2) is 0 Å². The van der Waals surface area contributed by atoms with Crippen molar-refractivity contribution < 1.29 is 14.7 Å². The molecule has 0 aliphatic carbocycles. The van der Waals surface area contributed by atoms with Gasteiger partial charge in [0, 0.05) is 6.54 Å². The second kappa shape index (κ2) is 8.81. The van der Waals surface area contributed by atoms with E-state index in [0.717, 1.165) is 19.4 Å². The summed E-state index contributed by atoms with van der Waals surface area (Å²) in [4.78, 5) is 24.1. The van der Waals surface area contributed by atoms with Crippen LogP contribution in [0.25, 0.3) is 0 Å². The van der Waals surface area contributed by atoms with Crippen LogP contribution in [0.3, 0.4) is 0 Å². The topological polar surface area (TPSA) is 81.7 Å². The minimum absolute atomic E-state index is 0.378. The summed E-state index contributed by atoms with van der Waals surface area (Å²) in [6.07, 6.45) is 2.27. The van der Waals surface area contributed by atoms with E-state index in [2.05, 4.69) is 15.5 Å². The van der Waals surface area contributed by atoms with Crippen molar-refractivity contribution in [1.82, 2.24) is 15.5 Å². The SMILES string of the molecule is CC[C@@H](NC(=O)NCCCCN(C)C)C(=O)O. The molecular formula is C11H23N3O3. The number of amides is 2. The highest BCUT2D eigenvalue weighted by Gasteiger charge is 2.16. The average Bonchev–Trinajstić information content (AvgIpc) is 2.24. The second-order valence-corrected chi connectivity index (χ2v) is 4.21. The first-order valence-corrected chi connectivity index (χ1v) is 5.89. The minimum atomic E-state index is -1.00. The number of aliphatic carboxylic acids is 1. The van der Waals surface area contributed by atoms with Crippen LogP contribution in [0.2, 0.25) is 0 Å². The van der Waals surface area contributed by atoms with Gasteiger partial charge in [0.2, 0.25) is 0 Å². The third-order valence-electron chi connectivity index (χ3n) is 2.33. The molecule has 0 saturated heterocycles. The zero-order valence-corrected chi connectivity index (χ0v) is 10.8. The molecule has 0 aliphatic rings. The molecule has 0 radical (unpaired) electrons. The number of carbonyl (C=O) groups excluding carboxylic acids is 1. The van der Waals surface area contributed by atoms with Crippen molar-refractivity contribution in [1.29, 1.82) is 0 Å². The smallest absolute Gasteiger partial charge is 0.326 e. The molecule has 0 saturated carbocycles. The van der Waals surface area contributed by atoms with Gasteiger partial charge in [0.1, 0.15) is 6.04 Å². The number of nitrogens with one attached hydrogen (secondary N) is 2. The van der Waals surface area contributed by atoms with Gasteiger partial charge in [0.25, 0.3) is 0 Å². The lowest BCUT2D eigenvalue weighted by molar-refractivity contribution is -0.139. The van der Waals surface area contributed by atoms with Gasteiger partial charge in [-0.05, 0) is 39.9 Å². The number of hydrogen-bond donors (Lipinski definition) is 3. The molecule has 0 aliphatic heterocycles. The quantitative estimate of drug-likeness (QED) is 0.544. The molecule has 3 N–H and O–H groups in total. The van der Waals surface area contributed by atoms with E-state index in [1.807, 2.05) is 14.1 Å². The third kappa shape index (κ3) is 8.50. The van der Waals surface area contributed by atoms with Gasteiger partial charge in [-0.15, -0.1) is 0 Å². The van der Waals surface area contributed by atoms with Crippen LogP contribution in [0.1, 0.15) is 26.2 Å². The fraction of sp³-hybridized carbons (Fsp3) is 0.818. The van der Waals surface area contributed by atoms with E-state index in [1.165, 1.54) is 0 Å². The lowest BCUT2D eigenvalue weighted by Crippen LogP contribution is -2.45. The lowest BCUT2D eigenvalue weighted by Gasteiger charge is -2.13. The Hall–Kier alpha value is -1.30. The van der Waals surface area contributed by atoms with Crippen molar-refractivity contribution in [3.05, 3.63) is 0 Å². The standard InChI is InChI=1S/C11H23N3O3/c1-4-9(10(15)16)13-11(17)12-7-5-6-8-14(2)3/h9H,4-8H2,1-3H3,(H,15,16)(H2,12,13,17)/t9-/m1/s1. The Balaban J connectivity index is 3.62. The average molecular weight is 245 g/mol. The minimum Gasteiger partial charge on any atom is -0.480 e. The molecule has 0 bridgehead atoms.